The van der Waals surface area contributed by atoms with Crippen LogP contribution in [-0.2, 0) is 6.61 Å². The lowest BCUT2D eigenvalue weighted by Gasteiger charge is -2.06. The van der Waals surface area contributed by atoms with E-state index in [1.807, 2.05) is 54.6 Å². The molecule has 0 atom stereocenters. The van der Waals surface area contributed by atoms with Crippen LogP contribution < -0.4 is 15.7 Å². The smallest absolute Gasteiger partial charge is 0.252 e. The van der Waals surface area contributed by atoms with E-state index in [1.54, 1.807) is 13.1 Å². The van der Waals surface area contributed by atoms with Crippen molar-refractivity contribution < 1.29 is 4.74 Å². The minimum absolute atomic E-state index is 0.217. The molecule has 0 spiro atoms. The van der Waals surface area contributed by atoms with Crippen LogP contribution >= 0.6 is 0 Å². The Kier molecular flexibility index (Phi) is 5.21. The van der Waals surface area contributed by atoms with Crippen LogP contribution in [-0.4, -0.2) is 16.2 Å². The zero-order valence-electron chi connectivity index (χ0n) is 13.8. The Balaban J connectivity index is 1.56. The molecule has 0 aliphatic heterocycles. The highest BCUT2D eigenvalue weighted by Gasteiger charge is 1.97. The van der Waals surface area contributed by atoms with Crippen LogP contribution in [0.15, 0.2) is 70.6 Å². The fourth-order valence-electron chi connectivity index (χ4n) is 2.19. The van der Waals surface area contributed by atoms with Gasteiger partial charge in [0.05, 0.1) is 6.21 Å². The molecule has 1 aromatic heterocycles. The number of hydrogen-bond donors (Lipinski definition) is 2. The Morgan fingerprint density at radius 2 is 1.92 bits per heavy atom. The molecule has 3 aromatic rings. The number of hydrogen-bond acceptors (Lipinski definition) is 5. The first-order valence-corrected chi connectivity index (χ1v) is 7.83. The van der Waals surface area contributed by atoms with Crippen molar-refractivity contribution in [2.75, 3.05) is 5.43 Å². The summed E-state index contributed by atoms with van der Waals surface area (Å²) in [5, 5.41) is 4.07. The van der Waals surface area contributed by atoms with Crippen molar-refractivity contribution in [3.8, 4) is 5.75 Å². The molecule has 0 saturated carbocycles. The number of benzene rings is 2. The zero-order chi connectivity index (χ0) is 17.5. The third-order valence-electron chi connectivity index (χ3n) is 3.38. The van der Waals surface area contributed by atoms with Gasteiger partial charge in [0.2, 0.25) is 5.95 Å². The van der Waals surface area contributed by atoms with Crippen LogP contribution in [0.25, 0.3) is 0 Å². The summed E-state index contributed by atoms with van der Waals surface area (Å²) in [6.45, 7) is 2.28. The number of rotatable bonds is 6. The lowest BCUT2D eigenvalue weighted by molar-refractivity contribution is 0.306. The van der Waals surface area contributed by atoms with Gasteiger partial charge in [-0.15, -0.1) is 0 Å². The average Bonchev–Trinajstić information content (AvgIpc) is 2.61. The molecule has 25 heavy (non-hydrogen) atoms. The molecule has 126 valence electrons. The highest BCUT2D eigenvalue weighted by molar-refractivity contribution is 5.80. The summed E-state index contributed by atoms with van der Waals surface area (Å²) in [6.07, 6.45) is 1.64. The molecular formula is C19H18N4O2. The van der Waals surface area contributed by atoms with Gasteiger partial charge < -0.3 is 4.74 Å². The van der Waals surface area contributed by atoms with E-state index in [0.717, 1.165) is 16.9 Å². The molecule has 0 unspecified atom stereocenters. The molecule has 0 radical (unpaired) electrons. The average molecular weight is 334 g/mol. The van der Waals surface area contributed by atoms with Crippen molar-refractivity contribution in [3.05, 3.63) is 87.8 Å². The van der Waals surface area contributed by atoms with E-state index < -0.39 is 0 Å². The Bertz CT molecular complexity index is 903. The fraction of sp³-hybridized carbons (Fsp3) is 0.105. The minimum Gasteiger partial charge on any atom is -0.489 e. The number of nitrogens with zero attached hydrogens (tertiary/aromatic N) is 2. The van der Waals surface area contributed by atoms with Crippen molar-refractivity contribution in [1.29, 1.82) is 0 Å². The van der Waals surface area contributed by atoms with E-state index in [1.165, 1.54) is 6.07 Å². The molecule has 0 bridgehead atoms. The van der Waals surface area contributed by atoms with E-state index in [9.17, 15) is 4.79 Å². The number of hydrazone groups is 1. The zero-order valence-corrected chi connectivity index (χ0v) is 13.8. The number of nitrogens with one attached hydrogen (secondary N) is 2. The first-order valence-electron chi connectivity index (χ1n) is 7.83. The van der Waals surface area contributed by atoms with Crippen LogP contribution in [0.3, 0.4) is 0 Å². The molecular weight excluding hydrogens is 316 g/mol. The van der Waals surface area contributed by atoms with Gasteiger partial charge in [-0.1, -0.05) is 30.3 Å². The Morgan fingerprint density at radius 3 is 2.64 bits per heavy atom. The van der Waals surface area contributed by atoms with Crippen molar-refractivity contribution in [2.24, 2.45) is 5.10 Å². The molecule has 0 fully saturated rings. The summed E-state index contributed by atoms with van der Waals surface area (Å²) in [4.78, 5) is 18.0. The quantitative estimate of drug-likeness (QED) is 0.536. The van der Waals surface area contributed by atoms with Gasteiger partial charge in [-0.05, 0) is 42.3 Å². The minimum atomic E-state index is -0.217. The molecule has 0 amide bonds. The normalized spacial score (nSPS) is 10.8. The van der Waals surface area contributed by atoms with E-state index in [4.69, 9.17) is 4.74 Å². The first-order chi connectivity index (χ1) is 12.2. The number of aryl methyl sites for hydroxylation is 1. The lowest BCUT2D eigenvalue weighted by atomic mass is 10.2. The summed E-state index contributed by atoms with van der Waals surface area (Å²) in [5.74, 6) is 1.10. The summed E-state index contributed by atoms with van der Waals surface area (Å²) in [7, 11) is 0. The summed E-state index contributed by atoms with van der Waals surface area (Å²) < 4.78 is 5.74. The second-order valence-corrected chi connectivity index (χ2v) is 5.45. The van der Waals surface area contributed by atoms with Crippen LogP contribution in [0.5, 0.6) is 5.75 Å². The van der Waals surface area contributed by atoms with Gasteiger partial charge in [0.15, 0.2) is 0 Å². The molecule has 1 heterocycles. The van der Waals surface area contributed by atoms with Crippen LogP contribution in [0.1, 0.15) is 16.8 Å². The second kappa shape index (κ2) is 7.92. The van der Waals surface area contributed by atoms with Crippen molar-refractivity contribution in [1.82, 2.24) is 9.97 Å². The van der Waals surface area contributed by atoms with Gasteiger partial charge in [-0.25, -0.2) is 10.4 Å². The van der Waals surface area contributed by atoms with E-state index in [2.05, 4.69) is 20.5 Å². The van der Waals surface area contributed by atoms with Gasteiger partial charge >= 0.3 is 0 Å². The molecule has 2 aromatic carbocycles. The predicted octanol–water partition coefficient (Wildman–Crippen LogP) is 3.10. The maximum absolute atomic E-state index is 11.3. The van der Waals surface area contributed by atoms with Crippen LogP contribution in [0, 0.1) is 6.92 Å². The number of aromatic amines is 1. The van der Waals surface area contributed by atoms with Crippen LogP contribution in [0.4, 0.5) is 5.95 Å². The Hall–Kier alpha value is -3.41. The molecule has 0 aliphatic carbocycles. The highest BCUT2D eigenvalue weighted by Crippen LogP contribution is 2.13. The van der Waals surface area contributed by atoms with Gasteiger partial charge in [-0.2, -0.15) is 5.10 Å². The number of anilines is 1. The fourth-order valence-corrected chi connectivity index (χ4v) is 2.19. The topological polar surface area (TPSA) is 79.4 Å². The predicted molar refractivity (Wildman–Crippen MR) is 98.0 cm³/mol. The number of H-pyrrole nitrogens is 1. The van der Waals surface area contributed by atoms with E-state index in [0.29, 0.717) is 18.2 Å². The first kappa shape index (κ1) is 16.4. The van der Waals surface area contributed by atoms with Crippen molar-refractivity contribution in [3.63, 3.8) is 0 Å². The number of aromatic nitrogens is 2. The molecule has 6 nitrogen and oxygen atoms in total. The van der Waals surface area contributed by atoms with E-state index in [-0.39, 0.29) is 5.56 Å². The van der Waals surface area contributed by atoms with Crippen LogP contribution in [0.2, 0.25) is 0 Å². The largest absolute Gasteiger partial charge is 0.489 e. The van der Waals surface area contributed by atoms with E-state index >= 15 is 0 Å². The maximum Gasteiger partial charge on any atom is 0.252 e. The second-order valence-electron chi connectivity index (χ2n) is 5.45. The van der Waals surface area contributed by atoms with Gasteiger partial charge in [0, 0.05) is 11.8 Å². The third-order valence-corrected chi connectivity index (χ3v) is 3.38. The molecule has 0 aliphatic rings. The Morgan fingerprint density at radius 1 is 1.16 bits per heavy atom. The molecule has 2 N–H and O–H groups in total. The van der Waals surface area contributed by atoms with Gasteiger partial charge in [0.25, 0.3) is 5.56 Å². The molecule has 3 rings (SSSR count). The maximum atomic E-state index is 11.3. The lowest BCUT2D eigenvalue weighted by Crippen LogP contribution is -2.10. The summed E-state index contributed by atoms with van der Waals surface area (Å²) in [5.41, 5.74) is 5.14. The van der Waals surface area contributed by atoms with Gasteiger partial charge in [0.1, 0.15) is 12.4 Å². The standard InChI is InChI=1S/C19H18N4O2/c1-14-11-18(24)22-19(21-14)23-20-12-15-7-9-17(10-8-15)25-13-16-5-3-2-4-6-16/h2-12H,13H2,1H3,(H2,21,22,23,24). The Labute approximate surface area is 145 Å². The van der Waals surface area contributed by atoms with Gasteiger partial charge in [-0.3, -0.25) is 9.78 Å². The third kappa shape index (κ3) is 5.04. The van der Waals surface area contributed by atoms with Crippen molar-refractivity contribution in [2.45, 2.75) is 13.5 Å². The number of ether oxygens (including phenoxy) is 1. The summed E-state index contributed by atoms with van der Waals surface area (Å²) >= 11 is 0. The SMILES string of the molecule is Cc1cc(=O)[nH]c(NN=Cc2ccc(OCc3ccccc3)cc2)n1. The highest BCUT2D eigenvalue weighted by atomic mass is 16.5. The molecule has 0 saturated heterocycles. The molecule has 6 heteroatoms. The van der Waals surface area contributed by atoms with Crippen molar-refractivity contribution >= 4 is 12.2 Å². The monoisotopic (exact) mass is 334 g/mol. The summed E-state index contributed by atoms with van der Waals surface area (Å²) in [6, 6.07) is 19.0.